The average molecular weight is 601 g/mol. The van der Waals surface area contributed by atoms with Crippen molar-refractivity contribution in [1.29, 1.82) is 10.5 Å². The zero-order valence-electron chi connectivity index (χ0n) is 25.5. The molecule has 232 valence electrons. The van der Waals surface area contributed by atoms with Crippen LogP contribution in [-0.2, 0) is 28.5 Å². The summed E-state index contributed by atoms with van der Waals surface area (Å²) in [6, 6.07) is 3.84. The second-order valence-corrected chi connectivity index (χ2v) is 13.1. The second-order valence-electron chi connectivity index (χ2n) is 13.1. The van der Waals surface area contributed by atoms with Gasteiger partial charge in [-0.1, -0.05) is 38.5 Å². The molecule has 0 aromatic rings. The fourth-order valence-corrected chi connectivity index (χ4v) is 9.51. The molecule has 0 radical (unpaired) electrons. The molecule has 0 aromatic carbocycles. The fourth-order valence-electron chi connectivity index (χ4n) is 9.51. The molecule has 2 saturated carbocycles. The smallest absolute Gasteiger partial charge is 0.334 e. The van der Waals surface area contributed by atoms with Crippen LogP contribution >= 0.6 is 0 Å². The van der Waals surface area contributed by atoms with E-state index in [4.69, 9.17) is 18.9 Å². The van der Waals surface area contributed by atoms with Gasteiger partial charge >= 0.3 is 11.9 Å². The zero-order chi connectivity index (χ0) is 30.7. The van der Waals surface area contributed by atoms with Crippen molar-refractivity contribution in [2.75, 3.05) is 13.2 Å². The van der Waals surface area contributed by atoms with Crippen LogP contribution in [0.5, 0.6) is 0 Å². The molecule has 10 heteroatoms. The molecule has 8 aliphatic rings. The SMILES string of the molecule is CCOC(=O)C1=C[C@H]2N3/C(=C\C#N)C4(CCCCC4)OC3[C@@H]1C1C3OC4(CCCCC4)/C(=C/C#N)N3C=C[C@]12C(=O)OCC. The summed E-state index contributed by atoms with van der Waals surface area (Å²) in [5.74, 6) is -2.02. The summed E-state index contributed by atoms with van der Waals surface area (Å²) in [6.07, 6.45) is 16.7. The van der Waals surface area contributed by atoms with Crippen molar-refractivity contribution >= 4 is 11.9 Å². The number of esters is 2. The van der Waals surface area contributed by atoms with Gasteiger partial charge in [0.1, 0.15) is 29.1 Å². The molecule has 44 heavy (non-hydrogen) atoms. The summed E-state index contributed by atoms with van der Waals surface area (Å²) >= 11 is 0. The van der Waals surface area contributed by atoms with Crippen LogP contribution in [0.2, 0.25) is 0 Å². The van der Waals surface area contributed by atoms with Gasteiger partial charge in [0.2, 0.25) is 0 Å². The van der Waals surface area contributed by atoms with Crippen LogP contribution in [0.3, 0.4) is 0 Å². The summed E-state index contributed by atoms with van der Waals surface area (Å²) in [5.41, 5.74) is -0.499. The molecule has 5 heterocycles. The Balaban J connectivity index is 1.45. The van der Waals surface area contributed by atoms with Gasteiger partial charge in [0.25, 0.3) is 0 Å². The number of piperidine rings is 1. The van der Waals surface area contributed by atoms with E-state index >= 15 is 0 Å². The summed E-state index contributed by atoms with van der Waals surface area (Å²) < 4.78 is 25.6. The lowest BCUT2D eigenvalue weighted by molar-refractivity contribution is -0.220. The molecular formula is C34H40N4O6. The molecule has 10 nitrogen and oxygen atoms in total. The van der Waals surface area contributed by atoms with Crippen molar-refractivity contribution in [3.63, 3.8) is 0 Å². The summed E-state index contributed by atoms with van der Waals surface area (Å²) in [5, 5.41) is 19.8. The number of hydrogen-bond donors (Lipinski definition) is 0. The van der Waals surface area contributed by atoms with E-state index < -0.39 is 58.9 Å². The van der Waals surface area contributed by atoms with Gasteiger partial charge in [-0.25, -0.2) is 4.79 Å². The fraction of sp³-hybridized carbons (Fsp3) is 0.647. The largest absolute Gasteiger partial charge is 0.465 e. The van der Waals surface area contributed by atoms with Crippen molar-refractivity contribution in [3.05, 3.63) is 47.5 Å². The van der Waals surface area contributed by atoms with Gasteiger partial charge < -0.3 is 28.7 Å². The van der Waals surface area contributed by atoms with E-state index in [1.807, 2.05) is 23.3 Å². The first-order valence-corrected chi connectivity index (χ1v) is 16.3. The topological polar surface area (TPSA) is 125 Å². The van der Waals surface area contributed by atoms with Gasteiger partial charge in [-0.3, -0.25) is 4.79 Å². The molecule has 6 atom stereocenters. The number of ether oxygens (including phenoxy) is 4. The average Bonchev–Trinajstić information content (AvgIpc) is 3.50. The van der Waals surface area contributed by atoms with Crippen LogP contribution in [-0.4, -0.2) is 64.7 Å². The van der Waals surface area contributed by atoms with Gasteiger partial charge in [0, 0.05) is 35.8 Å². The van der Waals surface area contributed by atoms with E-state index in [9.17, 15) is 20.1 Å². The number of hydrogen-bond acceptors (Lipinski definition) is 10. The minimum atomic E-state index is -1.23. The maximum atomic E-state index is 14.4. The lowest BCUT2D eigenvalue weighted by atomic mass is 9.53. The highest BCUT2D eigenvalue weighted by Crippen LogP contribution is 2.66. The Morgan fingerprint density at radius 3 is 2.11 bits per heavy atom. The zero-order valence-corrected chi connectivity index (χ0v) is 25.5. The first-order valence-electron chi connectivity index (χ1n) is 16.3. The highest BCUT2D eigenvalue weighted by Gasteiger charge is 2.75. The van der Waals surface area contributed by atoms with Gasteiger partial charge in [-0.2, -0.15) is 10.5 Å². The van der Waals surface area contributed by atoms with Crippen molar-refractivity contribution < 1.29 is 28.5 Å². The lowest BCUT2D eigenvalue weighted by Crippen LogP contribution is -2.72. The molecule has 5 fully saturated rings. The summed E-state index contributed by atoms with van der Waals surface area (Å²) in [7, 11) is 0. The van der Waals surface area contributed by atoms with E-state index in [1.54, 1.807) is 26.0 Å². The van der Waals surface area contributed by atoms with E-state index in [0.717, 1.165) is 75.6 Å². The van der Waals surface area contributed by atoms with Gasteiger partial charge in [0.05, 0.1) is 42.8 Å². The number of carbonyl (C=O) groups excluding carboxylic acids is 2. The van der Waals surface area contributed by atoms with Crippen molar-refractivity contribution in [2.24, 2.45) is 17.3 Å². The van der Waals surface area contributed by atoms with Gasteiger partial charge in [-0.05, 0) is 51.7 Å². The normalized spacial score (nSPS) is 37.3. The number of rotatable bonds is 4. The number of fused-ring (bicyclic) bond motifs is 1. The summed E-state index contributed by atoms with van der Waals surface area (Å²) in [6.45, 7) is 3.98. The molecule has 0 N–H and O–H groups in total. The van der Waals surface area contributed by atoms with Crippen molar-refractivity contribution in [3.8, 4) is 12.1 Å². The predicted octanol–water partition coefficient (Wildman–Crippen LogP) is 4.72. The van der Waals surface area contributed by atoms with Gasteiger partial charge in [-0.15, -0.1) is 0 Å². The number of allylic oxidation sites excluding steroid dienone is 2. The van der Waals surface area contributed by atoms with Crippen LogP contribution in [0.4, 0.5) is 0 Å². The van der Waals surface area contributed by atoms with E-state index in [2.05, 4.69) is 17.0 Å². The maximum Gasteiger partial charge on any atom is 0.334 e. The molecule has 5 aliphatic heterocycles. The van der Waals surface area contributed by atoms with Crippen LogP contribution < -0.4 is 0 Å². The first kappa shape index (κ1) is 29.1. The minimum absolute atomic E-state index is 0.191. The van der Waals surface area contributed by atoms with Crippen molar-refractivity contribution in [2.45, 2.75) is 108 Å². The van der Waals surface area contributed by atoms with Crippen LogP contribution in [0, 0.1) is 39.9 Å². The third kappa shape index (κ3) is 3.83. The highest BCUT2D eigenvalue weighted by atomic mass is 16.6. The van der Waals surface area contributed by atoms with Crippen molar-refractivity contribution in [1.82, 2.24) is 9.80 Å². The Kier molecular flexibility index (Phi) is 7.14. The Morgan fingerprint density at radius 1 is 0.909 bits per heavy atom. The van der Waals surface area contributed by atoms with E-state index in [-0.39, 0.29) is 13.2 Å². The predicted molar refractivity (Wildman–Crippen MR) is 156 cm³/mol. The van der Waals surface area contributed by atoms with Gasteiger partial charge in [0.15, 0.2) is 0 Å². The molecule has 0 amide bonds. The minimum Gasteiger partial charge on any atom is -0.465 e. The summed E-state index contributed by atoms with van der Waals surface area (Å²) in [4.78, 5) is 32.2. The Morgan fingerprint density at radius 2 is 1.50 bits per heavy atom. The number of nitriles is 2. The first-order chi connectivity index (χ1) is 21.4. The quantitative estimate of drug-likeness (QED) is 0.331. The van der Waals surface area contributed by atoms with Crippen LogP contribution in [0.25, 0.3) is 0 Å². The molecule has 3 aliphatic carbocycles. The van der Waals surface area contributed by atoms with Crippen LogP contribution in [0.15, 0.2) is 47.5 Å². The molecule has 3 saturated heterocycles. The Bertz CT molecular complexity index is 1440. The highest BCUT2D eigenvalue weighted by molar-refractivity contribution is 5.92. The molecule has 0 aromatic heterocycles. The molecule has 3 unspecified atom stereocenters. The number of carbonyl (C=O) groups is 2. The molecule has 2 bridgehead atoms. The van der Waals surface area contributed by atoms with E-state index in [0.29, 0.717) is 5.57 Å². The molecule has 2 spiro atoms. The third-order valence-electron chi connectivity index (χ3n) is 11.1. The lowest BCUT2D eigenvalue weighted by Gasteiger charge is -2.61. The molecule has 8 rings (SSSR count). The Labute approximate surface area is 258 Å². The third-order valence-corrected chi connectivity index (χ3v) is 11.1. The maximum absolute atomic E-state index is 14.4. The standard InChI is InChI=1S/C34H40N4O6/c1-3-41-30(39)22-21-25-34(31(40)42-4-2)17-20-37-23(11-18-35)32(13-7-5-8-14-32)44-29(37)27(34)26(22)28-38(25)24(12-19-36)33(43-28)15-9-6-10-16-33/h11-12,17,20-21,25-29H,3-10,13-16H2,1-2H3/b23-11-,24-12-/t25-,26+,27?,28?,29?,34-/m1/s1. The van der Waals surface area contributed by atoms with E-state index in [1.165, 1.54) is 0 Å². The second kappa shape index (κ2) is 10.8. The molecular weight excluding hydrogens is 560 g/mol. The number of nitrogens with zero attached hydrogens (tertiary/aromatic N) is 4. The van der Waals surface area contributed by atoms with Crippen LogP contribution in [0.1, 0.15) is 78.1 Å². The Hall–Kier alpha value is -3.60. The monoisotopic (exact) mass is 600 g/mol.